The van der Waals surface area contributed by atoms with E-state index in [0.717, 1.165) is 0 Å². The predicted molar refractivity (Wildman–Crippen MR) is 67.7 cm³/mol. The SMILES string of the molecule is N=C1c2ccccc2N=CC12C(=O)CCCC2=O. The molecule has 3 rings (SSSR count). The molecule has 1 aliphatic carbocycles. The topological polar surface area (TPSA) is 70.3 Å². The number of nitrogens with zero attached hydrogens (tertiary/aromatic N) is 1. The van der Waals surface area contributed by atoms with Crippen molar-refractivity contribution >= 4 is 29.2 Å². The van der Waals surface area contributed by atoms with Crippen molar-refractivity contribution in [1.82, 2.24) is 0 Å². The van der Waals surface area contributed by atoms with Crippen LogP contribution in [-0.2, 0) is 9.59 Å². The zero-order valence-electron chi connectivity index (χ0n) is 9.77. The molecular weight excluding hydrogens is 228 g/mol. The molecule has 0 amide bonds. The molecule has 0 saturated heterocycles. The summed E-state index contributed by atoms with van der Waals surface area (Å²) in [6.45, 7) is 0. The highest BCUT2D eigenvalue weighted by Gasteiger charge is 2.51. The van der Waals surface area contributed by atoms with Crippen LogP contribution in [0.3, 0.4) is 0 Å². The summed E-state index contributed by atoms with van der Waals surface area (Å²) in [6.07, 6.45) is 2.66. The van der Waals surface area contributed by atoms with Crippen LogP contribution in [0.15, 0.2) is 29.3 Å². The highest BCUT2D eigenvalue weighted by Crippen LogP contribution is 2.38. The van der Waals surface area contributed by atoms with Gasteiger partial charge in [0.25, 0.3) is 0 Å². The fourth-order valence-electron chi connectivity index (χ4n) is 2.62. The third kappa shape index (κ3) is 1.26. The maximum Gasteiger partial charge on any atom is 0.164 e. The van der Waals surface area contributed by atoms with Crippen LogP contribution in [0.2, 0.25) is 0 Å². The highest BCUT2D eigenvalue weighted by molar-refractivity contribution is 6.41. The van der Waals surface area contributed by atoms with Crippen molar-refractivity contribution in [3.05, 3.63) is 29.8 Å². The molecule has 1 aromatic carbocycles. The van der Waals surface area contributed by atoms with Gasteiger partial charge in [-0.2, -0.15) is 0 Å². The molecule has 1 saturated carbocycles. The molecule has 4 heteroatoms. The Morgan fingerprint density at radius 2 is 1.78 bits per heavy atom. The normalized spacial score (nSPS) is 21.2. The van der Waals surface area contributed by atoms with Crippen molar-refractivity contribution in [2.45, 2.75) is 19.3 Å². The van der Waals surface area contributed by atoms with Gasteiger partial charge in [-0.1, -0.05) is 18.2 Å². The smallest absolute Gasteiger partial charge is 0.164 e. The lowest BCUT2D eigenvalue weighted by molar-refractivity contribution is -0.135. The Morgan fingerprint density at radius 1 is 1.11 bits per heavy atom. The third-order valence-electron chi connectivity index (χ3n) is 3.65. The molecule has 0 radical (unpaired) electrons. The van der Waals surface area contributed by atoms with E-state index in [1.54, 1.807) is 18.2 Å². The molecule has 1 N–H and O–H groups in total. The van der Waals surface area contributed by atoms with E-state index < -0.39 is 5.41 Å². The fourth-order valence-corrected chi connectivity index (χ4v) is 2.62. The first kappa shape index (κ1) is 11.0. The lowest BCUT2D eigenvalue weighted by Crippen LogP contribution is -2.51. The Hall–Kier alpha value is -2.10. The molecule has 0 bridgehead atoms. The zero-order chi connectivity index (χ0) is 12.8. The van der Waals surface area contributed by atoms with Crippen LogP contribution in [0.25, 0.3) is 0 Å². The minimum atomic E-state index is -1.41. The third-order valence-corrected chi connectivity index (χ3v) is 3.65. The van der Waals surface area contributed by atoms with Gasteiger partial charge in [-0.05, 0) is 12.5 Å². The van der Waals surface area contributed by atoms with Crippen LogP contribution in [0.5, 0.6) is 0 Å². The van der Waals surface area contributed by atoms with Crippen molar-refractivity contribution in [1.29, 1.82) is 5.41 Å². The van der Waals surface area contributed by atoms with E-state index >= 15 is 0 Å². The van der Waals surface area contributed by atoms with Crippen LogP contribution in [0.1, 0.15) is 24.8 Å². The number of para-hydroxylation sites is 1. The van der Waals surface area contributed by atoms with Gasteiger partial charge < -0.3 is 5.41 Å². The van der Waals surface area contributed by atoms with Crippen molar-refractivity contribution in [3.8, 4) is 0 Å². The van der Waals surface area contributed by atoms with E-state index in [1.807, 2.05) is 6.07 Å². The minimum Gasteiger partial charge on any atom is -0.303 e. The van der Waals surface area contributed by atoms with Gasteiger partial charge in [-0.15, -0.1) is 0 Å². The summed E-state index contributed by atoms with van der Waals surface area (Å²) < 4.78 is 0. The Bertz CT molecular complexity index is 586. The monoisotopic (exact) mass is 240 g/mol. The Labute approximate surface area is 104 Å². The molecule has 1 fully saturated rings. The summed E-state index contributed by atoms with van der Waals surface area (Å²) >= 11 is 0. The van der Waals surface area contributed by atoms with Gasteiger partial charge in [0, 0.05) is 24.6 Å². The molecule has 1 heterocycles. The number of Topliss-reactive ketones (excluding diaryl/α,β-unsaturated/α-hetero) is 2. The second-order valence-electron chi connectivity index (χ2n) is 4.66. The van der Waals surface area contributed by atoms with Gasteiger partial charge in [0.05, 0.1) is 11.4 Å². The number of ketones is 2. The van der Waals surface area contributed by atoms with E-state index in [0.29, 0.717) is 30.5 Å². The van der Waals surface area contributed by atoms with Crippen LogP contribution in [0, 0.1) is 10.8 Å². The summed E-state index contributed by atoms with van der Waals surface area (Å²) in [4.78, 5) is 28.5. The quantitative estimate of drug-likeness (QED) is 0.705. The number of aliphatic imine (C=N–C) groups is 1. The van der Waals surface area contributed by atoms with Crippen LogP contribution in [-0.4, -0.2) is 23.5 Å². The first-order valence-corrected chi connectivity index (χ1v) is 5.96. The number of carbonyl (C=O) groups excluding carboxylic acids is 2. The van der Waals surface area contributed by atoms with Gasteiger partial charge in [0.2, 0.25) is 0 Å². The number of hydrogen-bond acceptors (Lipinski definition) is 4. The van der Waals surface area contributed by atoms with E-state index in [2.05, 4.69) is 4.99 Å². The number of rotatable bonds is 0. The molecule has 0 aromatic heterocycles. The average Bonchev–Trinajstić information content (AvgIpc) is 2.38. The highest BCUT2D eigenvalue weighted by atomic mass is 16.2. The molecule has 1 aromatic rings. The van der Waals surface area contributed by atoms with E-state index in [1.165, 1.54) is 6.21 Å². The zero-order valence-corrected chi connectivity index (χ0v) is 9.77. The number of hydrogen-bond donors (Lipinski definition) is 1. The second kappa shape index (κ2) is 3.70. The molecule has 90 valence electrons. The van der Waals surface area contributed by atoms with Gasteiger partial charge in [-0.25, -0.2) is 0 Å². The Morgan fingerprint density at radius 3 is 2.50 bits per heavy atom. The molecule has 2 aliphatic rings. The Kier molecular flexibility index (Phi) is 2.26. The van der Waals surface area contributed by atoms with Crippen molar-refractivity contribution < 1.29 is 9.59 Å². The van der Waals surface area contributed by atoms with Crippen LogP contribution in [0.4, 0.5) is 5.69 Å². The number of carbonyl (C=O) groups is 2. The van der Waals surface area contributed by atoms with Gasteiger partial charge >= 0.3 is 0 Å². The standard InChI is InChI=1S/C14H12N2O2/c15-13-9-4-1-2-5-10(9)16-8-14(13)11(17)6-3-7-12(14)18/h1-2,4-5,8,15H,3,6-7H2. The van der Waals surface area contributed by atoms with E-state index in [-0.39, 0.29) is 17.3 Å². The van der Waals surface area contributed by atoms with Gasteiger partial charge in [-0.3, -0.25) is 14.6 Å². The van der Waals surface area contributed by atoms with Crippen molar-refractivity contribution in [2.75, 3.05) is 0 Å². The van der Waals surface area contributed by atoms with Gasteiger partial charge in [0.15, 0.2) is 17.0 Å². The van der Waals surface area contributed by atoms with Gasteiger partial charge in [0.1, 0.15) is 0 Å². The summed E-state index contributed by atoms with van der Waals surface area (Å²) in [5.41, 5.74) is -0.0854. The molecule has 0 atom stereocenters. The average molecular weight is 240 g/mol. The summed E-state index contributed by atoms with van der Waals surface area (Å²) in [6, 6.07) is 7.14. The second-order valence-corrected chi connectivity index (χ2v) is 4.66. The molecule has 0 unspecified atom stereocenters. The van der Waals surface area contributed by atoms with Crippen molar-refractivity contribution in [2.24, 2.45) is 10.4 Å². The minimum absolute atomic E-state index is 0.0859. The summed E-state index contributed by atoms with van der Waals surface area (Å²) in [5, 5.41) is 8.24. The van der Waals surface area contributed by atoms with E-state index in [4.69, 9.17) is 5.41 Å². The first-order valence-electron chi connectivity index (χ1n) is 5.96. The first-order chi connectivity index (χ1) is 8.66. The van der Waals surface area contributed by atoms with Crippen molar-refractivity contribution in [3.63, 3.8) is 0 Å². The number of fused-ring (bicyclic) bond motifs is 1. The van der Waals surface area contributed by atoms with E-state index in [9.17, 15) is 9.59 Å². The molecule has 1 aliphatic heterocycles. The maximum absolute atomic E-state index is 12.1. The lowest BCUT2D eigenvalue weighted by Gasteiger charge is -2.34. The Balaban J connectivity index is 2.19. The fraction of sp³-hybridized carbons (Fsp3) is 0.286. The summed E-state index contributed by atoms with van der Waals surface area (Å²) in [7, 11) is 0. The number of nitrogens with one attached hydrogen (secondary N) is 1. The van der Waals surface area contributed by atoms with Crippen LogP contribution < -0.4 is 0 Å². The molecule has 4 nitrogen and oxygen atoms in total. The summed E-state index contributed by atoms with van der Waals surface area (Å²) in [5.74, 6) is -0.385. The lowest BCUT2D eigenvalue weighted by atomic mass is 9.67. The maximum atomic E-state index is 12.1. The molecular formula is C14H12N2O2. The van der Waals surface area contributed by atoms with Crippen LogP contribution >= 0.6 is 0 Å². The predicted octanol–water partition coefficient (Wildman–Crippen LogP) is 2.08. The molecule has 18 heavy (non-hydrogen) atoms. The largest absolute Gasteiger partial charge is 0.303 e. The molecule has 1 spiro atoms. The number of benzene rings is 1.